The molecule has 0 heterocycles. The molecule has 0 aromatic carbocycles. The Kier molecular flexibility index (Phi) is 8.73. The minimum atomic E-state index is -0.581. The Balaban J connectivity index is 3.57. The van der Waals surface area contributed by atoms with Gasteiger partial charge in [0, 0.05) is 12.1 Å². The number of hydrogen-bond donors (Lipinski definition) is 3. The van der Waals surface area contributed by atoms with Gasteiger partial charge in [0.1, 0.15) is 0 Å². The zero-order valence-corrected chi connectivity index (χ0v) is 12.3. The van der Waals surface area contributed by atoms with Gasteiger partial charge in [-0.15, -0.1) is 0 Å². The predicted octanol–water partition coefficient (Wildman–Crippen LogP) is 0.538. The van der Waals surface area contributed by atoms with Crippen molar-refractivity contribution in [3.8, 4) is 0 Å². The molecule has 0 saturated heterocycles. The molecule has 5 heteroatoms. The Labute approximate surface area is 110 Å². The average Bonchev–Trinajstić information content (AvgIpc) is 2.25. The molecule has 0 spiro atoms. The molecule has 2 atom stereocenters. The van der Waals surface area contributed by atoms with Crippen molar-refractivity contribution in [2.75, 3.05) is 26.4 Å². The lowest BCUT2D eigenvalue weighted by Gasteiger charge is -2.30. The summed E-state index contributed by atoms with van der Waals surface area (Å²) in [6.45, 7) is 11.1. The van der Waals surface area contributed by atoms with Gasteiger partial charge in [0.05, 0.1) is 38.1 Å². The van der Waals surface area contributed by atoms with Gasteiger partial charge >= 0.3 is 0 Å². The Hall–Kier alpha value is -0.200. The van der Waals surface area contributed by atoms with E-state index < -0.39 is 17.7 Å². The van der Waals surface area contributed by atoms with Crippen LogP contribution in [0.25, 0.3) is 0 Å². The van der Waals surface area contributed by atoms with Crippen molar-refractivity contribution in [3.05, 3.63) is 0 Å². The highest BCUT2D eigenvalue weighted by atomic mass is 16.5. The second-order valence-electron chi connectivity index (χ2n) is 5.43. The Morgan fingerprint density at radius 3 is 2.22 bits per heavy atom. The summed E-state index contributed by atoms with van der Waals surface area (Å²) in [5, 5.41) is 22.3. The molecule has 3 N–H and O–H groups in total. The maximum Gasteiger partial charge on any atom is 0.0897 e. The molecule has 5 nitrogen and oxygen atoms in total. The van der Waals surface area contributed by atoms with Gasteiger partial charge in [0.15, 0.2) is 0 Å². The summed E-state index contributed by atoms with van der Waals surface area (Å²) >= 11 is 0. The first-order chi connectivity index (χ1) is 8.25. The van der Waals surface area contributed by atoms with Crippen LogP contribution >= 0.6 is 0 Å². The largest absolute Gasteiger partial charge is 0.392 e. The summed E-state index contributed by atoms with van der Waals surface area (Å²) in [5.74, 6) is 0. The highest BCUT2D eigenvalue weighted by Gasteiger charge is 2.23. The van der Waals surface area contributed by atoms with Crippen LogP contribution in [0.5, 0.6) is 0 Å². The quantitative estimate of drug-likeness (QED) is 0.502. The van der Waals surface area contributed by atoms with Gasteiger partial charge in [-0.1, -0.05) is 0 Å². The van der Waals surface area contributed by atoms with E-state index in [4.69, 9.17) is 9.47 Å². The molecule has 0 amide bonds. The summed E-state index contributed by atoms with van der Waals surface area (Å²) < 4.78 is 10.6. The molecule has 18 heavy (non-hydrogen) atoms. The zero-order chi connectivity index (χ0) is 14.2. The molecule has 0 fully saturated rings. The van der Waals surface area contributed by atoms with Crippen molar-refractivity contribution in [2.24, 2.45) is 0 Å². The number of ether oxygens (including phenoxy) is 2. The summed E-state index contributed by atoms with van der Waals surface area (Å²) in [6.07, 6.45) is -0.862. The molecule has 0 saturated carbocycles. The van der Waals surface area contributed by atoms with Gasteiger partial charge in [0.2, 0.25) is 0 Å². The molecule has 0 radical (unpaired) electrons. The average molecular weight is 263 g/mol. The van der Waals surface area contributed by atoms with Crippen LogP contribution in [0.2, 0.25) is 0 Å². The Morgan fingerprint density at radius 1 is 1.11 bits per heavy atom. The van der Waals surface area contributed by atoms with Crippen molar-refractivity contribution < 1.29 is 19.7 Å². The van der Waals surface area contributed by atoms with E-state index in [9.17, 15) is 10.2 Å². The highest BCUT2D eigenvalue weighted by molar-refractivity contribution is 4.83. The van der Waals surface area contributed by atoms with E-state index in [1.807, 2.05) is 27.7 Å². The van der Waals surface area contributed by atoms with Gasteiger partial charge in [-0.05, 0) is 34.6 Å². The predicted molar refractivity (Wildman–Crippen MR) is 71.7 cm³/mol. The summed E-state index contributed by atoms with van der Waals surface area (Å²) in [6, 6.07) is 0. The second kappa shape index (κ2) is 8.82. The van der Waals surface area contributed by atoms with E-state index >= 15 is 0 Å². The fourth-order valence-electron chi connectivity index (χ4n) is 1.15. The third kappa shape index (κ3) is 8.83. The van der Waals surface area contributed by atoms with Crippen LogP contribution in [0.3, 0.4) is 0 Å². The molecule has 0 bridgehead atoms. The lowest BCUT2D eigenvalue weighted by molar-refractivity contribution is -0.0135. The maximum absolute atomic E-state index is 9.69. The van der Waals surface area contributed by atoms with E-state index in [2.05, 4.69) is 5.32 Å². The Morgan fingerprint density at radius 2 is 1.72 bits per heavy atom. The topological polar surface area (TPSA) is 71.0 Å². The third-order valence-electron chi connectivity index (χ3n) is 2.83. The first kappa shape index (κ1) is 17.8. The van der Waals surface area contributed by atoms with Crippen molar-refractivity contribution in [1.82, 2.24) is 5.32 Å². The molecule has 0 aromatic rings. The molecule has 110 valence electrons. The molecule has 0 aliphatic carbocycles. The molecule has 2 unspecified atom stereocenters. The van der Waals surface area contributed by atoms with Crippen molar-refractivity contribution in [2.45, 2.75) is 58.5 Å². The van der Waals surface area contributed by atoms with E-state index in [1.54, 1.807) is 6.92 Å². The van der Waals surface area contributed by atoms with Crippen LogP contribution in [0.15, 0.2) is 0 Å². The molecular weight excluding hydrogens is 234 g/mol. The van der Waals surface area contributed by atoms with Crippen LogP contribution in [0, 0.1) is 0 Å². The number of β-amino-alcohol motifs (C(OH)–C–C–N with tert-alkyl or cyclic N) is 1. The van der Waals surface area contributed by atoms with Crippen LogP contribution in [-0.2, 0) is 9.47 Å². The number of rotatable bonds is 10. The molecule has 0 aromatic heterocycles. The summed E-state index contributed by atoms with van der Waals surface area (Å²) in [7, 11) is 0. The number of nitrogens with one attached hydrogen (secondary N) is 1. The summed E-state index contributed by atoms with van der Waals surface area (Å²) in [4.78, 5) is 0. The van der Waals surface area contributed by atoms with Gasteiger partial charge in [-0.3, -0.25) is 0 Å². The zero-order valence-electron chi connectivity index (χ0n) is 12.3. The SMILES string of the molecule is CC(C)OCCOCC(O)CNC(C)(C)C(C)O. The number of hydrogen-bond acceptors (Lipinski definition) is 5. The minimum Gasteiger partial charge on any atom is -0.392 e. The summed E-state index contributed by atoms with van der Waals surface area (Å²) in [5.41, 5.74) is -0.415. The standard InChI is InChI=1S/C13H29NO4/c1-10(2)18-7-6-17-9-12(16)8-14-13(4,5)11(3)15/h10-12,14-16H,6-9H2,1-5H3. The monoisotopic (exact) mass is 263 g/mol. The normalized spacial score (nSPS) is 16.0. The smallest absolute Gasteiger partial charge is 0.0897 e. The van der Waals surface area contributed by atoms with Crippen molar-refractivity contribution in [3.63, 3.8) is 0 Å². The highest BCUT2D eigenvalue weighted by Crippen LogP contribution is 2.07. The molecule has 0 aliphatic rings. The number of aliphatic hydroxyl groups excluding tert-OH is 2. The van der Waals surface area contributed by atoms with Crippen LogP contribution < -0.4 is 5.32 Å². The van der Waals surface area contributed by atoms with E-state index in [-0.39, 0.29) is 12.7 Å². The maximum atomic E-state index is 9.69. The van der Waals surface area contributed by atoms with Gasteiger partial charge in [-0.25, -0.2) is 0 Å². The van der Waals surface area contributed by atoms with Gasteiger partial charge in [-0.2, -0.15) is 0 Å². The van der Waals surface area contributed by atoms with E-state index in [0.717, 1.165) is 0 Å². The first-order valence-corrected chi connectivity index (χ1v) is 6.56. The van der Waals surface area contributed by atoms with Crippen LogP contribution in [-0.4, -0.2) is 60.4 Å². The van der Waals surface area contributed by atoms with E-state index in [1.165, 1.54) is 0 Å². The number of aliphatic hydroxyl groups is 2. The van der Waals surface area contributed by atoms with Gasteiger partial charge < -0.3 is 25.0 Å². The van der Waals surface area contributed by atoms with Crippen molar-refractivity contribution >= 4 is 0 Å². The Bertz CT molecular complexity index is 207. The van der Waals surface area contributed by atoms with Crippen LogP contribution in [0.4, 0.5) is 0 Å². The fraction of sp³-hybridized carbons (Fsp3) is 1.00. The fourth-order valence-corrected chi connectivity index (χ4v) is 1.15. The lowest BCUT2D eigenvalue weighted by Crippen LogP contribution is -2.51. The van der Waals surface area contributed by atoms with Crippen molar-refractivity contribution in [1.29, 1.82) is 0 Å². The first-order valence-electron chi connectivity index (χ1n) is 6.56. The molecule has 0 aliphatic heterocycles. The van der Waals surface area contributed by atoms with Gasteiger partial charge in [0.25, 0.3) is 0 Å². The van der Waals surface area contributed by atoms with Crippen LogP contribution in [0.1, 0.15) is 34.6 Å². The molecular formula is C13H29NO4. The van der Waals surface area contributed by atoms with E-state index in [0.29, 0.717) is 19.8 Å². The lowest BCUT2D eigenvalue weighted by atomic mass is 9.99. The molecule has 0 rings (SSSR count). The second-order valence-corrected chi connectivity index (χ2v) is 5.43. The third-order valence-corrected chi connectivity index (χ3v) is 2.83. The minimum absolute atomic E-state index is 0.201.